The van der Waals surface area contributed by atoms with Gasteiger partial charge in [0, 0.05) is 18.6 Å². The molecule has 2 aromatic carbocycles. The van der Waals surface area contributed by atoms with Crippen molar-refractivity contribution in [1.29, 1.82) is 0 Å². The van der Waals surface area contributed by atoms with Crippen molar-refractivity contribution in [2.75, 3.05) is 5.32 Å². The molecule has 0 saturated carbocycles. The van der Waals surface area contributed by atoms with Gasteiger partial charge in [0.05, 0.1) is 15.5 Å². The second kappa shape index (κ2) is 5.77. The molecule has 0 aliphatic carbocycles. The summed E-state index contributed by atoms with van der Waals surface area (Å²) in [6, 6.07) is 14.3. The zero-order valence-electron chi connectivity index (χ0n) is 11.7. The van der Waals surface area contributed by atoms with Gasteiger partial charge in [-0.05, 0) is 28.1 Å². The first-order valence-corrected chi connectivity index (χ1v) is 7.45. The van der Waals surface area contributed by atoms with E-state index in [1.165, 1.54) is 13.0 Å². The van der Waals surface area contributed by atoms with Gasteiger partial charge in [0.1, 0.15) is 11.3 Å². The first-order valence-electron chi connectivity index (χ1n) is 6.65. The minimum absolute atomic E-state index is 0.167. The highest BCUT2D eigenvalue weighted by atomic mass is 79.9. The molecule has 1 aromatic heterocycles. The predicted octanol–water partition coefficient (Wildman–Crippen LogP) is 4.18. The van der Waals surface area contributed by atoms with Gasteiger partial charge >= 0.3 is 0 Å². The number of hydrogen-bond acceptors (Lipinski definition) is 3. The molecular weight excluding hydrogens is 346 g/mol. The minimum atomic E-state index is -0.203. The van der Waals surface area contributed by atoms with Crippen molar-refractivity contribution in [3.63, 3.8) is 0 Å². The van der Waals surface area contributed by atoms with Crippen LogP contribution in [0.5, 0.6) is 0 Å². The Hall–Kier alpha value is -2.40. The van der Waals surface area contributed by atoms with Crippen molar-refractivity contribution in [3.8, 4) is 11.3 Å². The predicted molar refractivity (Wildman–Crippen MR) is 89.9 cm³/mol. The normalized spacial score (nSPS) is 10.6. The molecule has 0 aliphatic heterocycles. The third-order valence-corrected chi connectivity index (χ3v) is 4.02. The number of anilines is 1. The fourth-order valence-corrected chi connectivity index (χ4v) is 2.87. The van der Waals surface area contributed by atoms with E-state index in [-0.39, 0.29) is 11.3 Å². The number of rotatable bonds is 2. The average molecular weight is 358 g/mol. The van der Waals surface area contributed by atoms with Crippen LogP contribution in [0.1, 0.15) is 6.92 Å². The van der Waals surface area contributed by atoms with Crippen LogP contribution in [0.25, 0.3) is 22.3 Å². The molecule has 5 heteroatoms. The molecule has 1 amide bonds. The van der Waals surface area contributed by atoms with E-state index in [1.54, 1.807) is 12.1 Å². The minimum Gasteiger partial charge on any atom is -0.456 e. The van der Waals surface area contributed by atoms with Gasteiger partial charge in [-0.1, -0.05) is 30.3 Å². The standard InChI is InChI=1S/C17H12BrNO3/c1-10(20)19-12-7-8-14-16(17(12)18)13(21)9-15(22-14)11-5-3-2-4-6-11/h2-9H,1H3,(H,19,20). The van der Waals surface area contributed by atoms with Crippen LogP contribution < -0.4 is 10.7 Å². The number of amides is 1. The Balaban J connectivity index is 2.21. The summed E-state index contributed by atoms with van der Waals surface area (Å²) < 4.78 is 6.35. The zero-order chi connectivity index (χ0) is 15.7. The lowest BCUT2D eigenvalue weighted by Crippen LogP contribution is -2.08. The number of hydrogen-bond donors (Lipinski definition) is 1. The first kappa shape index (κ1) is 14.5. The number of carbonyl (C=O) groups excluding carboxylic acids is 1. The van der Waals surface area contributed by atoms with Gasteiger partial charge in [-0.2, -0.15) is 0 Å². The monoisotopic (exact) mass is 357 g/mol. The lowest BCUT2D eigenvalue weighted by molar-refractivity contribution is -0.114. The largest absolute Gasteiger partial charge is 0.456 e. The molecule has 22 heavy (non-hydrogen) atoms. The van der Waals surface area contributed by atoms with Gasteiger partial charge in [-0.15, -0.1) is 0 Å². The van der Waals surface area contributed by atoms with Crippen LogP contribution in [0.4, 0.5) is 5.69 Å². The van der Waals surface area contributed by atoms with Crippen LogP contribution >= 0.6 is 15.9 Å². The molecule has 4 nitrogen and oxygen atoms in total. The summed E-state index contributed by atoms with van der Waals surface area (Å²) >= 11 is 3.37. The van der Waals surface area contributed by atoms with Gasteiger partial charge in [0.25, 0.3) is 0 Å². The van der Waals surface area contributed by atoms with E-state index < -0.39 is 0 Å². The van der Waals surface area contributed by atoms with Gasteiger partial charge in [0.15, 0.2) is 5.43 Å². The number of fused-ring (bicyclic) bond motifs is 1. The fourth-order valence-electron chi connectivity index (χ4n) is 2.24. The molecule has 0 aliphatic rings. The van der Waals surface area contributed by atoms with Crippen LogP contribution in [0, 0.1) is 0 Å². The first-order chi connectivity index (χ1) is 10.6. The van der Waals surface area contributed by atoms with Crippen molar-refractivity contribution in [2.45, 2.75) is 6.92 Å². The van der Waals surface area contributed by atoms with Crippen molar-refractivity contribution in [3.05, 3.63) is 63.2 Å². The topological polar surface area (TPSA) is 59.3 Å². The summed E-state index contributed by atoms with van der Waals surface area (Å²) in [6.45, 7) is 1.41. The molecule has 0 radical (unpaired) electrons. The third kappa shape index (κ3) is 2.67. The van der Waals surface area contributed by atoms with E-state index in [0.717, 1.165) is 5.56 Å². The Kier molecular flexibility index (Phi) is 3.81. The number of benzene rings is 2. The van der Waals surface area contributed by atoms with Crippen LogP contribution in [-0.2, 0) is 4.79 Å². The third-order valence-electron chi connectivity index (χ3n) is 3.20. The van der Waals surface area contributed by atoms with Crippen LogP contribution in [0.3, 0.4) is 0 Å². The molecule has 0 spiro atoms. The maximum atomic E-state index is 12.4. The van der Waals surface area contributed by atoms with Crippen molar-refractivity contribution in [1.82, 2.24) is 0 Å². The van der Waals surface area contributed by atoms with Crippen molar-refractivity contribution < 1.29 is 9.21 Å². The quantitative estimate of drug-likeness (QED) is 0.748. The molecule has 3 aromatic rings. The lowest BCUT2D eigenvalue weighted by atomic mass is 10.1. The average Bonchev–Trinajstić information content (AvgIpc) is 2.50. The highest BCUT2D eigenvalue weighted by molar-refractivity contribution is 9.10. The summed E-state index contributed by atoms with van der Waals surface area (Å²) in [5.74, 6) is 0.308. The fraction of sp³-hybridized carbons (Fsp3) is 0.0588. The Morgan fingerprint density at radius 1 is 1.14 bits per heavy atom. The molecule has 110 valence electrons. The molecule has 0 atom stereocenters. The van der Waals surface area contributed by atoms with Gasteiger partial charge in [-0.25, -0.2) is 0 Å². The highest BCUT2D eigenvalue weighted by Gasteiger charge is 2.13. The molecular formula is C17H12BrNO3. The van der Waals surface area contributed by atoms with Crippen LogP contribution in [-0.4, -0.2) is 5.91 Å². The molecule has 0 saturated heterocycles. The number of halogens is 1. The van der Waals surface area contributed by atoms with E-state index in [1.807, 2.05) is 30.3 Å². The highest BCUT2D eigenvalue weighted by Crippen LogP contribution is 2.31. The lowest BCUT2D eigenvalue weighted by Gasteiger charge is -2.09. The molecule has 1 heterocycles. The summed E-state index contributed by atoms with van der Waals surface area (Å²) in [7, 11) is 0. The smallest absolute Gasteiger partial charge is 0.221 e. The van der Waals surface area contributed by atoms with E-state index in [2.05, 4.69) is 21.2 Å². The summed E-state index contributed by atoms with van der Waals surface area (Å²) in [6.07, 6.45) is 0. The van der Waals surface area contributed by atoms with Crippen molar-refractivity contribution >= 4 is 38.5 Å². The van der Waals surface area contributed by atoms with E-state index in [4.69, 9.17) is 4.42 Å². The van der Waals surface area contributed by atoms with Crippen LogP contribution in [0.2, 0.25) is 0 Å². The summed E-state index contributed by atoms with van der Waals surface area (Å²) in [4.78, 5) is 23.6. The Morgan fingerprint density at radius 2 is 1.86 bits per heavy atom. The van der Waals surface area contributed by atoms with Crippen LogP contribution in [0.15, 0.2) is 62.2 Å². The Bertz CT molecular complexity index is 916. The summed E-state index contributed by atoms with van der Waals surface area (Å²) in [5.41, 5.74) is 1.68. The number of carbonyl (C=O) groups is 1. The summed E-state index contributed by atoms with van der Waals surface area (Å²) in [5, 5.41) is 3.08. The van der Waals surface area contributed by atoms with Gasteiger partial charge < -0.3 is 9.73 Å². The van der Waals surface area contributed by atoms with Crippen molar-refractivity contribution in [2.24, 2.45) is 0 Å². The van der Waals surface area contributed by atoms with Gasteiger partial charge in [0.2, 0.25) is 5.91 Å². The maximum absolute atomic E-state index is 12.4. The molecule has 3 rings (SSSR count). The van der Waals surface area contributed by atoms with E-state index in [0.29, 0.717) is 26.9 Å². The number of nitrogens with one attached hydrogen (secondary N) is 1. The Morgan fingerprint density at radius 3 is 2.55 bits per heavy atom. The van der Waals surface area contributed by atoms with E-state index >= 15 is 0 Å². The molecule has 1 N–H and O–H groups in total. The molecule has 0 bridgehead atoms. The second-order valence-corrected chi connectivity index (χ2v) is 5.62. The second-order valence-electron chi connectivity index (χ2n) is 4.82. The molecule has 0 unspecified atom stereocenters. The zero-order valence-corrected chi connectivity index (χ0v) is 13.3. The Labute approximate surface area is 134 Å². The maximum Gasteiger partial charge on any atom is 0.221 e. The SMILES string of the molecule is CC(=O)Nc1ccc2oc(-c3ccccc3)cc(=O)c2c1Br. The van der Waals surface area contributed by atoms with Gasteiger partial charge in [-0.3, -0.25) is 9.59 Å². The molecule has 0 fully saturated rings. The van der Waals surface area contributed by atoms with E-state index in [9.17, 15) is 9.59 Å².